The van der Waals surface area contributed by atoms with Crippen molar-refractivity contribution in [1.29, 1.82) is 0 Å². The maximum Gasteiger partial charge on any atom is 0.251 e. The fourth-order valence-corrected chi connectivity index (χ4v) is 3.80. The molecule has 8 heteroatoms. The van der Waals surface area contributed by atoms with Gasteiger partial charge in [-0.2, -0.15) is 0 Å². The number of carbonyl (C=O) groups excluding carboxylic acids is 1. The first-order chi connectivity index (χ1) is 10.2. The van der Waals surface area contributed by atoms with Gasteiger partial charge in [-0.25, -0.2) is 21.6 Å². The normalized spacial score (nSPS) is 22.4. The van der Waals surface area contributed by atoms with E-state index in [9.17, 15) is 26.4 Å². The minimum Gasteiger partial charge on any atom is -0.349 e. The van der Waals surface area contributed by atoms with Crippen LogP contribution in [0.2, 0.25) is 0 Å². The van der Waals surface area contributed by atoms with Crippen LogP contribution in [0.1, 0.15) is 36.0 Å². The molecule has 0 spiro atoms. The Kier molecular flexibility index (Phi) is 4.79. The highest BCUT2D eigenvalue weighted by Crippen LogP contribution is 2.24. The molecule has 122 valence electrons. The highest BCUT2D eigenvalue weighted by Gasteiger charge is 2.30. The molecule has 0 aliphatic heterocycles. The predicted molar refractivity (Wildman–Crippen MR) is 74.7 cm³/mol. The zero-order valence-electron chi connectivity index (χ0n) is 11.9. The van der Waals surface area contributed by atoms with E-state index in [-0.39, 0.29) is 12.0 Å². The quantitative estimate of drug-likeness (QED) is 0.861. The molecule has 0 saturated heterocycles. The van der Waals surface area contributed by atoms with Crippen LogP contribution in [0.3, 0.4) is 0 Å². The largest absolute Gasteiger partial charge is 0.349 e. The van der Waals surface area contributed by atoms with Gasteiger partial charge in [0.05, 0.1) is 5.25 Å². The van der Waals surface area contributed by atoms with Crippen LogP contribution >= 0.6 is 0 Å². The molecule has 4 nitrogen and oxygen atoms in total. The Morgan fingerprint density at radius 1 is 1.18 bits per heavy atom. The molecule has 1 saturated carbocycles. The summed E-state index contributed by atoms with van der Waals surface area (Å²) in [4.78, 5) is 12.0. The smallest absolute Gasteiger partial charge is 0.251 e. The number of sulfone groups is 1. The molecule has 1 aromatic rings. The maximum absolute atomic E-state index is 13.1. The van der Waals surface area contributed by atoms with Crippen molar-refractivity contribution in [2.24, 2.45) is 0 Å². The Hall–Kier alpha value is -1.57. The Morgan fingerprint density at radius 3 is 2.32 bits per heavy atom. The highest BCUT2D eigenvalue weighted by atomic mass is 32.2. The minimum absolute atomic E-state index is 0.261. The molecular formula is C14H16F3NO3S. The lowest BCUT2D eigenvalue weighted by atomic mass is 9.94. The summed E-state index contributed by atoms with van der Waals surface area (Å²) in [6.07, 6.45) is 3.16. The van der Waals surface area contributed by atoms with Gasteiger partial charge in [0, 0.05) is 17.9 Å². The second kappa shape index (κ2) is 6.28. The van der Waals surface area contributed by atoms with E-state index < -0.39 is 44.5 Å². The molecule has 0 unspecified atom stereocenters. The Labute approximate surface area is 126 Å². The summed E-state index contributed by atoms with van der Waals surface area (Å²) in [6.45, 7) is 0. The molecule has 1 aromatic carbocycles. The summed E-state index contributed by atoms with van der Waals surface area (Å²) in [5, 5.41) is 2.02. The lowest BCUT2D eigenvalue weighted by Gasteiger charge is -2.28. The SMILES string of the molecule is CS(=O)(=O)[C@H]1CCC[C@@H](NC(=O)c2cc(F)c(F)c(F)c2)C1. The third-order valence-corrected chi connectivity index (χ3v) is 5.45. The fraction of sp³-hybridized carbons (Fsp3) is 0.500. The van der Waals surface area contributed by atoms with Gasteiger partial charge < -0.3 is 5.32 Å². The van der Waals surface area contributed by atoms with Crippen molar-refractivity contribution in [2.75, 3.05) is 6.26 Å². The van der Waals surface area contributed by atoms with E-state index in [1.54, 1.807) is 0 Å². The summed E-state index contributed by atoms with van der Waals surface area (Å²) in [5.74, 6) is -5.27. The molecule has 1 aliphatic rings. The second-order valence-electron chi connectivity index (χ2n) is 5.54. The van der Waals surface area contributed by atoms with Gasteiger partial charge >= 0.3 is 0 Å². The maximum atomic E-state index is 13.1. The molecule has 0 bridgehead atoms. The van der Waals surface area contributed by atoms with Crippen LogP contribution in [0.4, 0.5) is 13.2 Å². The van der Waals surface area contributed by atoms with Crippen LogP contribution in [0.25, 0.3) is 0 Å². The molecule has 0 radical (unpaired) electrons. The monoisotopic (exact) mass is 335 g/mol. The van der Waals surface area contributed by atoms with Crippen molar-refractivity contribution in [2.45, 2.75) is 37.0 Å². The zero-order chi connectivity index (χ0) is 16.5. The van der Waals surface area contributed by atoms with Gasteiger partial charge in [0.2, 0.25) is 0 Å². The molecule has 1 fully saturated rings. The second-order valence-corrected chi connectivity index (χ2v) is 7.87. The van der Waals surface area contributed by atoms with E-state index in [1.807, 2.05) is 0 Å². The number of amides is 1. The predicted octanol–water partition coefficient (Wildman–Crippen LogP) is 2.19. The lowest BCUT2D eigenvalue weighted by molar-refractivity contribution is 0.0926. The van der Waals surface area contributed by atoms with Crippen molar-refractivity contribution in [3.05, 3.63) is 35.1 Å². The van der Waals surface area contributed by atoms with Crippen molar-refractivity contribution in [1.82, 2.24) is 5.32 Å². The van der Waals surface area contributed by atoms with Gasteiger partial charge in [0.1, 0.15) is 9.84 Å². The molecule has 2 rings (SSSR count). The summed E-state index contributed by atoms with van der Waals surface area (Å²) in [6, 6.07) is 0.840. The summed E-state index contributed by atoms with van der Waals surface area (Å²) < 4.78 is 62.2. The van der Waals surface area contributed by atoms with Crippen LogP contribution in [-0.2, 0) is 9.84 Å². The Morgan fingerprint density at radius 2 is 1.77 bits per heavy atom. The summed E-state index contributed by atoms with van der Waals surface area (Å²) >= 11 is 0. The first kappa shape index (κ1) is 16.8. The van der Waals surface area contributed by atoms with Crippen LogP contribution in [0, 0.1) is 17.5 Å². The van der Waals surface area contributed by atoms with Crippen molar-refractivity contribution in [3.63, 3.8) is 0 Å². The highest BCUT2D eigenvalue weighted by molar-refractivity contribution is 7.91. The Balaban J connectivity index is 2.09. The summed E-state index contributed by atoms with van der Waals surface area (Å²) in [5.41, 5.74) is -0.335. The molecular weight excluding hydrogens is 319 g/mol. The number of hydrogen-bond donors (Lipinski definition) is 1. The molecule has 22 heavy (non-hydrogen) atoms. The average Bonchev–Trinajstić information content (AvgIpc) is 2.43. The van der Waals surface area contributed by atoms with Gasteiger partial charge in [-0.05, 0) is 31.4 Å². The van der Waals surface area contributed by atoms with Crippen LogP contribution < -0.4 is 5.32 Å². The van der Waals surface area contributed by atoms with E-state index in [0.29, 0.717) is 31.4 Å². The number of rotatable bonds is 3. The molecule has 0 aromatic heterocycles. The van der Waals surface area contributed by atoms with E-state index in [1.165, 1.54) is 0 Å². The molecule has 0 heterocycles. The number of nitrogens with one attached hydrogen (secondary N) is 1. The summed E-state index contributed by atoms with van der Waals surface area (Å²) in [7, 11) is -3.20. The van der Waals surface area contributed by atoms with Crippen LogP contribution in [0.5, 0.6) is 0 Å². The molecule has 1 aliphatic carbocycles. The average molecular weight is 335 g/mol. The fourth-order valence-electron chi connectivity index (χ4n) is 2.62. The first-order valence-electron chi connectivity index (χ1n) is 6.82. The molecule has 1 N–H and O–H groups in total. The van der Waals surface area contributed by atoms with E-state index in [4.69, 9.17) is 0 Å². The lowest BCUT2D eigenvalue weighted by Crippen LogP contribution is -2.41. The number of hydrogen-bond acceptors (Lipinski definition) is 3. The molecule has 1 amide bonds. The van der Waals surface area contributed by atoms with Crippen LogP contribution in [-0.4, -0.2) is 31.9 Å². The molecule has 2 atom stereocenters. The van der Waals surface area contributed by atoms with Gasteiger partial charge in [-0.1, -0.05) is 6.42 Å². The van der Waals surface area contributed by atoms with Crippen molar-refractivity contribution < 1.29 is 26.4 Å². The van der Waals surface area contributed by atoms with E-state index >= 15 is 0 Å². The third kappa shape index (κ3) is 3.79. The van der Waals surface area contributed by atoms with Gasteiger partial charge in [0.25, 0.3) is 5.91 Å². The van der Waals surface area contributed by atoms with Gasteiger partial charge in [-0.3, -0.25) is 4.79 Å². The van der Waals surface area contributed by atoms with Crippen LogP contribution in [0.15, 0.2) is 12.1 Å². The number of benzene rings is 1. The van der Waals surface area contributed by atoms with E-state index in [2.05, 4.69) is 5.32 Å². The van der Waals surface area contributed by atoms with Crippen molar-refractivity contribution in [3.8, 4) is 0 Å². The van der Waals surface area contributed by atoms with E-state index in [0.717, 1.165) is 6.26 Å². The Bertz CT molecular complexity index is 668. The number of halogens is 3. The van der Waals surface area contributed by atoms with Crippen molar-refractivity contribution >= 4 is 15.7 Å². The topological polar surface area (TPSA) is 63.2 Å². The zero-order valence-corrected chi connectivity index (χ0v) is 12.7. The minimum atomic E-state index is -3.20. The third-order valence-electron chi connectivity index (χ3n) is 3.81. The standard InChI is InChI=1S/C14H16F3NO3S/c1-22(20,21)10-4-2-3-9(7-10)18-14(19)8-5-11(15)13(17)12(16)6-8/h5-6,9-10H,2-4,7H2,1H3,(H,18,19)/t9-,10+/m1/s1. The van der Waals surface area contributed by atoms with Gasteiger partial charge in [-0.15, -0.1) is 0 Å². The first-order valence-corrected chi connectivity index (χ1v) is 8.78. The number of carbonyl (C=O) groups is 1. The van der Waals surface area contributed by atoms with Gasteiger partial charge in [0.15, 0.2) is 17.5 Å².